The van der Waals surface area contributed by atoms with Crippen molar-refractivity contribution in [3.63, 3.8) is 0 Å². The van der Waals surface area contributed by atoms with Crippen molar-refractivity contribution in [3.8, 4) is 5.75 Å². The molecule has 0 aliphatic carbocycles. The Morgan fingerprint density at radius 3 is 2.76 bits per heavy atom. The number of unbranched alkanes of at least 4 members (excludes halogenated alkanes) is 1. The van der Waals surface area contributed by atoms with E-state index in [-0.39, 0.29) is 11.9 Å². The van der Waals surface area contributed by atoms with Gasteiger partial charge < -0.3 is 15.8 Å². The van der Waals surface area contributed by atoms with Gasteiger partial charge in [0.05, 0.1) is 4.47 Å². The van der Waals surface area contributed by atoms with Crippen LogP contribution in [0.5, 0.6) is 5.75 Å². The molecule has 0 radical (unpaired) electrons. The number of carbonyl (C=O) groups excluding carboxylic acids is 1. The summed E-state index contributed by atoms with van der Waals surface area (Å²) in [5.41, 5.74) is 6.87. The number of para-hydroxylation sites is 1. The molecule has 4 nitrogen and oxygen atoms in total. The summed E-state index contributed by atoms with van der Waals surface area (Å²) >= 11 is 3.48. The number of rotatable bonds is 8. The zero-order valence-corrected chi connectivity index (χ0v) is 14.6. The molecule has 0 saturated heterocycles. The first-order chi connectivity index (χ1) is 9.95. The van der Waals surface area contributed by atoms with Crippen molar-refractivity contribution in [1.29, 1.82) is 0 Å². The number of hydrogen-bond acceptors (Lipinski definition) is 3. The Balaban J connectivity index is 2.74. The minimum Gasteiger partial charge on any atom is -0.479 e. The molecule has 2 atom stereocenters. The number of nitrogens with one attached hydrogen (secondary N) is 1. The zero-order chi connectivity index (χ0) is 15.8. The van der Waals surface area contributed by atoms with Crippen LogP contribution in [0.25, 0.3) is 0 Å². The fourth-order valence-electron chi connectivity index (χ4n) is 1.96. The van der Waals surface area contributed by atoms with Crippen molar-refractivity contribution < 1.29 is 9.53 Å². The molecule has 1 amide bonds. The molecule has 118 valence electrons. The van der Waals surface area contributed by atoms with Crippen LogP contribution in [0.2, 0.25) is 0 Å². The van der Waals surface area contributed by atoms with Gasteiger partial charge >= 0.3 is 0 Å². The molecule has 1 aromatic rings. The van der Waals surface area contributed by atoms with E-state index in [1.165, 1.54) is 0 Å². The summed E-state index contributed by atoms with van der Waals surface area (Å²) in [5.74, 6) is 0.610. The first-order valence-electron chi connectivity index (χ1n) is 7.43. The van der Waals surface area contributed by atoms with Crippen molar-refractivity contribution in [2.45, 2.75) is 52.2 Å². The predicted molar refractivity (Wildman–Crippen MR) is 89.5 cm³/mol. The normalized spacial score (nSPS) is 13.6. The van der Waals surface area contributed by atoms with Crippen molar-refractivity contribution in [2.24, 2.45) is 5.73 Å². The molecule has 2 unspecified atom stereocenters. The number of carbonyl (C=O) groups is 1. The third-order valence-corrected chi connectivity index (χ3v) is 3.71. The Morgan fingerprint density at radius 2 is 2.14 bits per heavy atom. The van der Waals surface area contributed by atoms with E-state index in [4.69, 9.17) is 10.5 Å². The van der Waals surface area contributed by atoms with Crippen LogP contribution >= 0.6 is 15.9 Å². The van der Waals surface area contributed by atoms with Gasteiger partial charge in [-0.1, -0.05) is 25.5 Å². The summed E-state index contributed by atoms with van der Waals surface area (Å²) in [6.07, 6.45) is 2.20. The smallest absolute Gasteiger partial charge is 0.260 e. The molecule has 0 bridgehead atoms. The van der Waals surface area contributed by atoms with Crippen LogP contribution in [0.4, 0.5) is 0 Å². The highest BCUT2D eigenvalue weighted by Gasteiger charge is 2.18. The lowest BCUT2D eigenvalue weighted by atomic mass is 10.1. The Morgan fingerprint density at radius 1 is 1.43 bits per heavy atom. The lowest BCUT2D eigenvalue weighted by Gasteiger charge is -2.19. The number of benzene rings is 1. The Hall–Kier alpha value is -1.07. The van der Waals surface area contributed by atoms with Gasteiger partial charge in [0.1, 0.15) is 5.75 Å². The maximum atomic E-state index is 12.0. The van der Waals surface area contributed by atoms with Gasteiger partial charge in [0.25, 0.3) is 5.91 Å². The molecular formula is C16H25BrN2O2. The predicted octanol–water partition coefficient (Wildman–Crippen LogP) is 3.02. The maximum absolute atomic E-state index is 12.0. The summed E-state index contributed by atoms with van der Waals surface area (Å²) in [6.45, 7) is 6.49. The third kappa shape index (κ3) is 6.06. The minimum atomic E-state index is -0.535. The molecule has 0 heterocycles. The van der Waals surface area contributed by atoms with Gasteiger partial charge in [-0.25, -0.2) is 0 Å². The molecule has 0 spiro atoms. The van der Waals surface area contributed by atoms with Gasteiger partial charge in [0.2, 0.25) is 0 Å². The SMILES string of the molecule is CCCCNC(=O)C(C)Oc1c(Br)cccc1CC(C)N. The van der Waals surface area contributed by atoms with Crippen LogP contribution in [0.1, 0.15) is 39.2 Å². The van der Waals surface area contributed by atoms with Gasteiger partial charge in [0, 0.05) is 12.6 Å². The van der Waals surface area contributed by atoms with E-state index in [1.807, 2.05) is 25.1 Å². The van der Waals surface area contributed by atoms with Crippen LogP contribution < -0.4 is 15.8 Å². The molecule has 0 saturated carbocycles. The molecule has 0 fully saturated rings. The average Bonchev–Trinajstić information content (AvgIpc) is 2.42. The number of nitrogens with two attached hydrogens (primary N) is 1. The molecule has 5 heteroatoms. The van der Waals surface area contributed by atoms with E-state index in [1.54, 1.807) is 6.92 Å². The average molecular weight is 357 g/mol. The van der Waals surface area contributed by atoms with Crippen LogP contribution in [0.3, 0.4) is 0 Å². The summed E-state index contributed by atoms with van der Waals surface area (Å²) in [4.78, 5) is 12.0. The quantitative estimate of drug-likeness (QED) is 0.703. The molecule has 1 rings (SSSR count). The highest BCUT2D eigenvalue weighted by atomic mass is 79.9. The van der Waals surface area contributed by atoms with Crippen molar-refractivity contribution >= 4 is 21.8 Å². The molecule has 0 aromatic heterocycles. The summed E-state index contributed by atoms with van der Waals surface area (Å²) in [7, 11) is 0. The van der Waals surface area contributed by atoms with Crippen molar-refractivity contribution in [3.05, 3.63) is 28.2 Å². The van der Waals surface area contributed by atoms with Gasteiger partial charge in [-0.05, 0) is 54.2 Å². The fraction of sp³-hybridized carbons (Fsp3) is 0.562. The lowest BCUT2D eigenvalue weighted by Crippen LogP contribution is -2.37. The largest absolute Gasteiger partial charge is 0.479 e. The molecule has 0 aliphatic rings. The number of hydrogen-bond donors (Lipinski definition) is 2. The Kier molecular flexibility index (Phi) is 7.75. The highest BCUT2D eigenvalue weighted by molar-refractivity contribution is 9.10. The lowest BCUT2D eigenvalue weighted by molar-refractivity contribution is -0.127. The minimum absolute atomic E-state index is 0.0373. The van der Waals surface area contributed by atoms with Crippen molar-refractivity contribution in [1.82, 2.24) is 5.32 Å². The summed E-state index contributed by atoms with van der Waals surface area (Å²) in [5, 5.41) is 2.88. The highest BCUT2D eigenvalue weighted by Crippen LogP contribution is 2.30. The van der Waals surface area contributed by atoms with Gasteiger partial charge in [-0.2, -0.15) is 0 Å². The molecule has 1 aromatic carbocycles. The van der Waals surface area contributed by atoms with Gasteiger partial charge in [-0.15, -0.1) is 0 Å². The standard InChI is InChI=1S/C16H25BrN2O2/c1-4-5-9-19-16(20)12(3)21-15-13(10-11(2)18)7-6-8-14(15)17/h6-8,11-12H,4-5,9-10,18H2,1-3H3,(H,19,20). The van der Waals surface area contributed by atoms with Gasteiger partial charge in [-0.3, -0.25) is 4.79 Å². The fourth-order valence-corrected chi connectivity index (χ4v) is 2.46. The Bertz CT molecular complexity index is 464. The van der Waals surface area contributed by atoms with Crippen molar-refractivity contribution in [2.75, 3.05) is 6.54 Å². The van der Waals surface area contributed by atoms with Crippen LogP contribution in [-0.4, -0.2) is 24.6 Å². The van der Waals surface area contributed by atoms with Crippen LogP contribution in [-0.2, 0) is 11.2 Å². The molecular weight excluding hydrogens is 332 g/mol. The molecule has 3 N–H and O–H groups in total. The van der Waals surface area contributed by atoms with E-state index in [9.17, 15) is 4.79 Å². The summed E-state index contributed by atoms with van der Waals surface area (Å²) < 4.78 is 6.70. The zero-order valence-electron chi connectivity index (χ0n) is 13.0. The van der Waals surface area contributed by atoms with E-state index in [2.05, 4.69) is 28.2 Å². The van der Waals surface area contributed by atoms with Gasteiger partial charge in [0.15, 0.2) is 6.10 Å². The van der Waals surface area contributed by atoms with E-state index in [0.717, 1.165) is 22.9 Å². The topological polar surface area (TPSA) is 64.3 Å². The molecule has 0 aliphatic heterocycles. The monoisotopic (exact) mass is 356 g/mol. The summed E-state index contributed by atoms with van der Waals surface area (Å²) in [6, 6.07) is 5.86. The van der Waals surface area contributed by atoms with Crippen LogP contribution in [0, 0.1) is 0 Å². The second-order valence-electron chi connectivity index (χ2n) is 5.31. The third-order valence-electron chi connectivity index (χ3n) is 3.08. The van der Waals surface area contributed by atoms with E-state index in [0.29, 0.717) is 18.7 Å². The Labute approximate surface area is 135 Å². The maximum Gasteiger partial charge on any atom is 0.260 e. The number of halogens is 1. The number of amides is 1. The second-order valence-corrected chi connectivity index (χ2v) is 6.17. The first kappa shape index (κ1) is 18.0. The molecule has 21 heavy (non-hydrogen) atoms. The second kappa shape index (κ2) is 9.05. The van der Waals surface area contributed by atoms with E-state index >= 15 is 0 Å². The number of ether oxygens (including phenoxy) is 1. The van der Waals surface area contributed by atoms with Crippen LogP contribution in [0.15, 0.2) is 22.7 Å². The first-order valence-corrected chi connectivity index (χ1v) is 8.22. The van der Waals surface area contributed by atoms with E-state index < -0.39 is 6.10 Å².